The molecular formula is C14H16N2O3. The molecule has 1 N–H and O–H groups in total. The maximum atomic E-state index is 11.4. The lowest BCUT2D eigenvalue weighted by Gasteiger charge is -2.07. The molecule has 100 valence electrons. The monoisotopic (exact) mass is 260 g/mol. The number of esters is 1. The van der Waals surface area contributed by atoms with Crippen LogP contribution in [0.25, 0.3) is 0 Å². The normalized spacial score (nSPS) is 10.4. The molecule has 2 aromatic heterocycles. The first kappa shape index (κ1) is 13.3. The Bertz CT molecular complexity index is 563. The van der Waals surface area contributed by atoms with Crippen LogP contribution in [0.5, 0.6) is 0 Å². The van der Waals surface area contributed by atoms with Crippen LogP contribution in [-0.2, 0) is 17.8 Å². The molecule has 0 radical (unpaired) electrons. The first-order valence-electron chi connectivity index (χ1n) is 5.97. The summed E-state index contributed by atoms with van der Waals surface area (Å²) in [5.41, 5.74) is 3.10. The third-order valence-corrected chi connectivity index (χ3v) is 2.88. The summed E-state index contributed by atoms with van der Waals surface area (Å²) in [6, 6.07) is 3.73. The predicted octanol–water partition coefficient (Wildman–Crippen LogP) is 2.06. The predicted molar refractivity (Wildman–Crippen MR) is 69.6 cm³/mol. The van der Waals surface area contributed by atoms with E-state index in [2.05, 4.69) is 15.0 Å². The zero-order chi connectivity index (χ0) is 13.7. The number of hydrogen-bond acceptors (Lipinski definition) is 5. The second-order valence-corrected chi connectivity index (χ2v) is 4.17. The minimum Gasteiger partial charge on any atom is -0.463 e. The van der Waals surface area contributed by atoms with Gasteiger partial charge in [0.25, 0.3) is 0 Å². The van der Waals surface area contributed by atoms with E-state index in [1.807, 2.05) is 19.2 Å². The highest BCUT2D eigenvalue weighted by molar-refractivity contribution is 5.87. The van der Waals surface area contributed by atoms with Crippen molar-refractivity contribution in [3.63, 3.8) is 0 Å². The molecule has 0 atom stereocenters. The summed E-state index contributed by atoms with van der Waals surface area (Å²) in [7, 11) is 1.34. The number of aryl methyl sites for hydroxylation is 1. The number of methoxy groups -OCH3 is 1. The van der Waals surface area contributed by atoms with Gasteiger partial charge in [0.2, 0.25) is 5.76 Å². The van der Waals surface area contributed by atoms with E-state index in [0.717, 1.165) is 11.1 Å². The molecule has 0 saturated carbocycles. The Labute approximate surface area is 111 Å². The lowest BCUT2D eigenvalue weighted by atomic mass is 10.1. The van der Waals surface area contributed by atoms with Gasteiger partial charge in [-0.25, -0.2) is 4.79 Å². The molecule has 2 heterocycles. The van der Waals surface area contributed by atoms with Crippen LogP contribution >= 0.6 is 0 Å². The number of pyridine rings is 1. The molecule has 0 bridgehead atoms. The van der Waals surface area contributed by atoms with Crippen molar-refractivity contribution in [2.45, 2.75) is 20.0 Å². The molecular weight excluding hydrogens is 244 g/mol. The topological polar surface area (TPSA) is 64.4 Å². The van der Waals surface area contributed by atoms with Crippen LogP contribution < -0.4 is 5.32 Å². The molecule has 2 aromatic rings. The highest BCUT2D eigenvalue weighted by Gasteiger charge is 2.15. The average Bonchev–Trinajstić information content (AvgIpc) is 2.88. The molecule has 5 heteroatoms. The number of furan rings is 1. The van der Waals surface area contributed by atoms with Crippen molar-refractivity contribution in [3.8, 4) is 0 Å². The van der Waals surface area contributed by atoms with Crippen LogP contribution in [0.1, 0.15) is 27.2 Å². The van der Waals surface area contributed by atoms with Gasteiger partial charge >= 0.3 is 5.97 Å². The Morgan fingerprint density at radius 2 is 2.16 bits per heavy atom. The van der Waals surface area contributed by atoms with E-state index in [9.17, 15) is 4.79 Å². The third-order valence-electron chi connectivity index (χ3n) is 2.88. The van der Waals surface area contributed by atoms with Gasteiger partial charge in [0.1, 0.15) is 0 Å². The van der Waals surface area contributed by atoms with Crippen LogP contribution in [-0.4, -0.2) is 18.1 Å². The number of rotatable bonds is 5. The Morgan fingerprint density at radius 1 is 1.37 bits per heavy atom. The molecule has 0 amide bonds. The van der Waals surface area contributed by atoms with Gasteiger partial charge in [-0.2, -0.15) is 0 Å². The van der Waals surface area contributed by atoms with Crippen LogP contribution in [0.15, 0.2) is 35.2 Å². The van der Waals surface area contributed by atoms with Crippen molar-refractivity contribution >= 4 is 5.97 Å². The Kier molecular flexibility index (Phi) is 4.30. The highest BCUT2D eigenvalue weighted by Crippen LogP contribution is 2.12. The third kappa shape index (κ3) is 3.20. The van der Waals surface area contributed by atoms with Crippen LogP contribution in [0.4, 0.5) is 0 Å². The fourth-order valence-corrected chi connectivity index (χ4v) is 1.78. The maximum Gasteiger partial charge on any atom is 0.374 e. The van der Waals surface area contributed by atoms with Gasteiger partial charge in [-0.15, -0.1) is 0 Å². The Hall–Kier alpha value is -2.14. The molecule has 5 nitrogen and oxygen atoms in total. The average molecular weight is 260 g/mol. The molecule has 19 heavy (non-hydrogen) atoms. The van der Waals surface area contributed by atoms with Gasteiger partial charge in [0, 0.05) is 31.0 Å². The van der Waals surface area contributed by atoms with Gasteiger partial charge in [0.05, 0.1) is 13.4 Å². The zero-order valence-electron chi connectivity index (χ0n) is 11.0. The summed E-state index contributed by atoms with van der Waals surface area (Å²) in [6.45, 7) is 3.27. The summed E-state index contributed by atoms with van der Waals surface area (Å²) >= 11 is 0. The van der Waals surface area contributed by atoms with E-state index in [0.29, 0.717) is 13.1 Å². The summed E-state index contributed by atoms with van der Waals surface area (Å²) < 4.78 is 9.77. The van der Waals surface area contributed by atoms with E-state index in [1.165, 1.54) is 18.9 Å². The van der Waals surface area contributed by atoms with E-state index in [1.54, 1.807) is 12.3 Å². The smallest absolute Gasteiger partial charge is 0.374 e. The largest absolute Gasteiger partial charge is 0.463 e. The van der Waals surface area contributed by atoms with Gasteiger partial charge < -0.3 is 14.5 Å². The first-order chi connectivity index (χ1) is 9.22. The van der Waals surface area contributed by atoms with Crippen molar-refractivity contribution in [3.05, 3.63) is 53.2 Å². The molecule has 0 aliphatic carbocycles. The van der Waals surface area contributed by atoms with Gasteiger partial charge in [-0.1, -0.05) is 0 Å². The summed E-state index contributed by atoms with van der Waals surface area (Å²) in [6.07, 6.45) is 5.08. The minimum absolute atomic E-state index is 0.251. The van der Waals surface area contributed by atoms with Gasteiger partial charge in [0.15, 0.2) is 0 Å². The standard InChI is InChI=1S/C14H16N2O3/c1-10-7-15-5-3-11(10)8-16-9-12-4-6-19-13(12)14(17)18-2/h3-7,16H,8-9H2,1-2H3. The minimum atomic E-state index is -0.457. The number of nitrogens with zero attached hydrogens (tertiary/aromatic N) is 1. The molecule has 2 rings (SSSR count). The SMILES string of the molecule is COC(=O)c1occc1CNCc1ccncc1C. The lowest BCUT2D eigenvalue weighted by Crippen LogP contribution is -2.15. The lowest BCUT2D eigenvalue weighted by molar-refractivity contribution is 0.0563. The summed E-state index contributed by atoms with van der Waals surface area (Å²) in [5, 5.41) is 3.27. The highest BCUT2D eigenvalue weighted by atomic mass is 16.5. The van der Waals surface area contributed by atoms with E-state index in [4.69, 9.17) is 4.42 Å². The molecule has 0 saturated heterocycles. The van der Waals surface area contributed by atoms with E-state index >= 15 is 0 Å². The molecule has 0 aliphatic rings. The van der Waals surface area contributed by atoms with Crippen LogP contribution in [0.2, 0.25) is 0 Å². The van der Waals surface area contributed by atoms with Crippen LogP contribution in [0.3, 0.4) is 0 Å². The van der Waals surface area contributed by atoms with Crippen molar-refractivity contribution in [2.75, 3.05) is 7.11 Å². The number of ether oxygens (including phenoxy) is 1. The summed E-state index contributed by atoms with van der Waals surface area (Å²) in [4.78, 5) is 15.5. The molecule has 0 aromatic carbocycles. The molecule has 0 unspecified atom stereocenters. The first-order valence-corrected chi connectivity index (χ1v) is 5.97. The number of aromatic nitrogens is 1. The van der Waals surface area contributed by atoms with Crippen molar-refractivity contribution in [2.24, 2.45) is 0 Å². The zero-order valence-corrected chi connectivity index (χ0v) is 11.0. The van der Waals surface area contributed by atoms with Gasteiger partial charge in [-0.3, -0.25) is 4.98 Å². The van der Waals surface area contributed by atoms with E-state index < -0.39 is 5.97 Å². The Balaban J connectivity index is 1.95. The number of carbonyl (C=O) groups is 1. The van der Waals surface area contributed by atoms with Crippen molar-refractivity contribution < 1.29 is 13.9 Å². The number of carbonyl (C=O) groups excluding carboxylic acids is 1. The fraction of sp³-hybridized carbons (Fsp3) is 0.286. The molecule has 0 aliphatic heterocycles. The van der Waals surface area contributed by atoms with E-state index in [-0.39, 0.29) is 5.76 Å². The molecule has 0 fully saturated rings. The molecule has 0 spiro atoms. The van der Waals surface area contributed by atoms with Crippen molar-refractivity contribution in [1.29, 1.82) is 0 Å². The number of nitrogens with one attached hydrogen (secondary N) is 1. The maximum absolute atomic E-state index is 11.4. The fourth-order valence-electron chi connectivity index (χ4n) is 1.78. The second kappa shape index (κ2) is 6.15. The Morgan fingerprint density at radius 3 is 2.89 bits per heavy atom. The van der Waals surface area contributed by atoms with Crippen LogP contribution in [0, 0.1) is 6.92 Å². The number of hydrogen-bond donors (Lipinski definition) is 1. The second-order valence-electron chi connectivity index (χ2n) is 4.17. The summed E-state index contributed by atoms with van der Waals surface area (Å²) in [5.74, 6) is -0.205. The van der Waals surface area contributed by atoms with Gasteiger partial charge in [-0.05, 0) is 30.2 Å². The quantitative estimate of drug-likeness (QED) is 0.834. The van der Waals surface area contributed by atoms with Crippen molar-refractivity contribution in [1.82, 2.24) is 10.3 Å².